The summed E-state index contributed by atoms with van der Waals surface area (Å²) < 4.78 is 0. The van der Waals surface area contributed by atoms with Crippen molar-refractivity contribution in [3.8, 4) is 0 Å². The van der Waals surface area contributed by atoms with Crippen LogP contribution in [0.4, 0.5) is 0 Å². The Morgan fingerprint density at radius 1 is 0.714 bits per heavy atom. The van der Waals surface area contributed by atoms with Gasteiger partial charge < -0.3 is 1.43 Å². The molecule has 0 nitrogen and oxygen atoms in total. The Labute approximate surface area is 117 Å². The number of hydrogen-bond donors (Lipinski definition) is 0. The predicted molar refractivity (Wildman–Crippen MR) is 67.4 cm³/mol. The van der Waals surface area contributed by atoms with E-state index >= 15 is 0 Å². The third-order valence-corrected chi connectivity index (χ3v) is 3.83. The second-order valence-corrected chi connectivity index (χ2v) is 5.37. The summed E-state index contributed by atoms with van der Waals surface area (Å²) in [6.07, 6.45) is 14.6. The normalized spacial score (nSPS) is 9.86. The average Bonchev–Trinajstić information content (AvgIpc) is 2.16. The molecule has 0 radical (unpaired) electrons. The van der Waals surface area contributed by atoms with Gasteiger partial charge in [0, 0.05) is 0 Å². The summed E-state index contributed by atoms with van der Waals surface area (Å²) in [5.41, 5.74) is 0. The Bertz CT molecular complexity index is 81.7. The smallest absolute Gasteiger partial charge is 1.00 e. The first-order valence-electron chi connectivity index (χ1n) is 6.12. The Morgan fingerprint density at radius 2 is 1.14 bits per heavy atom. The van der Waals surface area contributed by atoms with Gasteiger partial charge in [-0.05, 0) is 25.2 Å². The van der Waals surface area contributed by atoms with Crippen LogP contribution in [0.5, 0.6) is 0 Å². The largest absolute Gasteiger partial charge is 1.00 e. The molecule has 0 amide bonds. The van der Waals surface area contributed by atoms with Gasteiger partial charge in [-0.25, -0.2) is 0 Å². The van der Waals surface area contributed by atoms with E-state index in [2.05, 4.69) is 13.8 Å². The molecular formula is C12H28NaP. The summed E-state index contributed by atoms with van der Waals surface area (Å²) >= 11 is 0. The van der Waals surface area contributed by atoms with Crippen molar-refractivity contribution in [2.24, 2.45) is 0 Å². The molecule has 0 saturated heterocycles. The van der Waals surface area contributed by atoms with Crippen LogP contribution in [-0.2, 0) is 0 Å². The standard InChI is InChI=1S/C12H27P.Na.H/c1-3-5-7-9-11-13-12-10-8-6-4-2;;/h13H,3-12H2,1-2H3;;/q;+1;-1. The van der Waals surface area contributed by atoms with Crippen LogP contribution in [-0.4, -0.2) is 12.3 Å². The SMILES string of the molecule is CCCCCCPCCCCCC.[H-].[Na+]. The molecule has 0 unspecified atom stereocenters. The molecule has 0 saturated carbocycles. The minimum atomic E-state index is 0. The average molecular weight is 226 g/mol. The quantitative estimate of drug-likeness (QED) is 0.303. The van der Waals surface area contributed by atoms with Gasteiger partial charge in [0.1, 0.15) is 0 Å². The van der Waals surface area contributed by atoms with E-state index in [1.165, 1.54) is 72.3 Å². The molecule has 0 fully saturated rings. The Balaban J connectivity index is -0.000000720. The van der Waals surface area contributed by atoms with Crippen LogP contribution in [0.1, 0.15) is 66.6 Å². The molecule has 0 bridgehead atoms. The molecule has 0 aliphatic rings. The van der Waals surface area contributed by atoms with Gasteiger partial charge in [0.15, 0.2) is 0 Å². The predicted octanol–water partition coefficient (Wildman–Crippen LogP) is 1.94. The molecule has 0 heterocycles. The first-order chi connectivity index (χ1) is 6.41. The molecule has 0 N–H and O–H groups in total. The molecule has 0 aliphatic carbocycles. The fourth-order valence-electron chi connectivity index (χ4n) is 1.48. The van der Waals surface area contributed by atoms with Crippen molar-refractivity contribution in [1.82, 2.24) is 0 Å². The third kappa shape index (κ3) is 15.9. The van der Waals surface area contributed by atoms with E-state index < -0.39 is 0 Å². The second-order valence-electron chi connectivity index (χ2n) is 3.87. The van der Waals surface area contributed by atoms with Crippen LogP contribution in [0, 0.1) is 0 Å². The van der Waals surface area contributed by atoms with Crippen LogP contribution in [0.25, 0.3) is 0 Å². The van der Waals surface area contributed by atoms with Crippen molar-refractivity contribution in [2.45, 2.75) is 65.2 Å². The maximum Gasteiger partial charge on any atom is 1.00 e. The minimum absolute atomic E-state index is 0. The second kappa shape index (κ2) is 16.8. The van der Waals surface area contributed by atoms with Crippen molar-refractivity contribution >= 4 is 8.58 Å². The topological polar surface area (TPSA) is 0 Å². The van der Waals surface area contributed by atoms with Gasteiger partial charge >= 0.3 is 29.6 Å². The van der Waals surface area contributed by atoms with Gasteiger partial charge in [-0.15, -0.1) is 8.58 Å². The Morgan fingerprint density at radius 3 is 1.50 bits per heavy atom. The summed E-state index contributed by atoms with van der Waals surface area (Å²) in [6.45, 7) is 4.57. The van der Waals surface area contributed by atoms with Crippen molar-refractivity contribution in [2.75, 3.05) is 12.3 Å². The first kappa shape index (κ1) is 17.8. The van der Waals surface area contributed by atoms with Crippen molar-refractivity contribution in [3.63, 3.8) is 0 Å². The van der Waals surface area contributed by atoms with Crippen LogP contribution in [0.3, 0.4) is 0 Å². The van der Waals surface area contributed by atoms with E-state index in [0.29, 0.717) is 0 Å². The maximum atomic E-state index is 2.28. The van der Waals surface area contributed by atoms with Crippen LogP contribution in [0.2, 0.25) is 0 Å². The zero-order valence-corrected chi connectivity index (χ0v) is 13.6. The maximum absolute atomic E-state index is 2.28. The van der Waals surface area contributed by atoms with E-state index in [1.54, 1.807) is 0 Å². The van der Waals surface area contributed by atoms with Gasteiger partial charge in [0.25, 0.3) is 0 Å². The third-order valence-electron chi connectivity index (χ3n) is 2.41. The molecule has 0 aromatic carbocycles. The number of hydrogen-bond acceptors (Lipinski definition) is 0. The van der Waals surface area contributed by atoms with Gasteiger partial charge in [-0.2, -0.15) is 0 Å². The van der Waals surface area contributed by atoms with Crippen molar-refractivity contribution in [3.05, 3.63) is 0 Å². The summed E-state index contributed by atoms with van der Waals surface area (Å²) in [5.74, 6) is 0. The van der Waals surface area contributed by atoms with E-state index in [1.807, 2.05) is 0 Å². The van der Waals surface area contributed by atoms with E-state index in [4.69, 9.17) is 0 Å². The molecule has 0 aromatic heterocycles. The summed E-state index contributed by atoms with van der Waals surface area (Å²) in [6, 6.07) is 0. The van der Waals surface area contributed by atoms with Crippen molar-refractivity contribution < 1.29 is 31.0 Å². The molecular weight excluding hydrogens is 198 g/mol. The molecule has 14 heavy (non-hydrogen) atoms. The van der Waals surface area contributed by atoms with E-state index in [0.717, 1.165) is 0 Å². The molecule has 2 heteroatoms. The fraction of sp³-hybridized carbons (Fsp3) is 1.00. The summed E-state index contributed by atoms with van der Waals surface area (Å²) in [4.78, 5) is 0. The van der Waals surface area contributed by atoms with E-state index in [9.17, 15) is 0 Å². The zero-order valence-electron chi connectivity index (χ0n) is 11.6. The fourth-order valence-corrected chi connectivity index (χ4v) is 2.73. The van der Waals surface area contributed by atoms with Gasteiger partial charge in [-0.3, -0.25) is 0 Å². The summed E-state index contributed by atoms with van der Waals surface area (Å²) in [7, 11) is 1.25. The Kier molecular flexibility index (Phi) is 21.4. The molecule has 82 valence electrons. The van der Waals surface area contributed by atoms with Crippen LogP contribution in [0.15, 0.2) is 0 Å². The van der Waals surface area contributed by atoms with E-state index in [-0.39, 0.29) is 31.0 Å². The Hall–Kier alpha value is 1.43. The monoisotopic (exact) mass is 226 g/mol. The zero-order chi connectivity index (χ0) is 9.78. The van der Waals surface area contributed by atoms with Gasteiger partial charge in [-0.1, -0.05) is 52.4 Å². The molecule has 0 rings (SSSR count). The van der Waals surface area contributed by atoms with Crippen molar-refractivity contribution in [1.29, 1.82) is 0 Å². The summed E-state index contributed by atoms with van der Waals surface area (Å²) in [5, 5.41) is 0. The van der Waals surface area contributed by atoms with Crippen LogP contribution < -0.4 is 29.6 Å². The molecule has 0 spiro atoms. The minimum Gasteiger partial charge on any atom is -1.00 e. The number of unbranched alkanes of at least 4 members (excludes halogenated alkanes) is 6. The first-order valence-corrected chi connectivity index (χ1v) is 7.54. The molecule has 0 aromatic rings. The molecule has 0 atom stereocenters. The van der Waals surface area contributed by atoms with Gasteiger partial charge in [0.2, 0.25) is 0 Å². The number of rotatable bonds is 10. The van der Waals surface area contributed by atoms with Gasteiger partial charge in [0.05, 0.1) is 0 Å². The molecule has 0 aliphatic heterocycles. The van der Waals surface area contributed by atoms with Crippen LogP contribution >= 0.6 is 8.58 Å².